The highest BCUT2D eigenvalue weighted by Gasteiger charge is 2.34. The van der Waals surface area contributed by atoms with Gasteiger partial charge in [0, 0.05) is 11.1 Å². The molecule has 0 saturated heterocycles. The molecule has 0 bridgehead atoms. The Morgan fingerprint density at radius 2 is 1.21 bits per heavy atom. The smallest absolute Gasteiger partial charge is 0.185 e. The third kappa shape index (κ3) is 6.57. The minimum absolute atomic E-state index is 0.00572. The van der Waals surface area contributed by atoms with Crippen LogP contribution >= 0.6 is 0 Å². The Balaban J connectivity index is 1.88. The van der Waals surface area contributed by atoms with E-state index >= 15 is 0 Å². The van der Waals surface area contributed by atoms with E-state index in [1.165, 1.54) is 0 Å². The van der Waals surface area contributed by atoms with Gasteiger partial charge in [-0.1, -0.05) is 45.0 Å². The number of carbonyl (C=O) groups is 1. The highest BCUT2D eigenvalue weighted by atomic mass is 16.5. The van der Waals surface area contributed by atoms with Gasteiger partial charge in [-0.15, -0.1) is 0 Å². The molecule has 1 aliphatic rings. The third-order valence-corrected chi connectivity index (χ3v) is 5.79. The van der Waals surface area contributed by atoms with Crippen molar-refractivity contribution in [3.8, 4) is 23.6 Å². The van der Waals surface area contributed by atoms with Crippen LogP contribution in [0.25, 0.3) is 12.2 Å². The molecule has 168 valence electrons. The quantitative estimate of drug-likeness (QED) is 0.516. The summed E-state index contributed by atoms with van der Waals surface area (Å²) in [5.41, 5.74) is 3.51. The number of nitrogens with zero attached hydrogens (tertiary/aromatic N) is 2. The maximum atomic E-state index is 13.4. The number of allylic oxidation sites excluding steroid dienone is 2. The van der Waals surface area contributed by atoms with Crippen molar-refractivity contribution in [1.29, 1.82) is 10.5 Å². The Labute approximate surface area is 195 Å². The zero-order valence-corrected chi connectivity index (χ0v) is 19.3. The maximum absolute atomic E-state index is 13.4. The van der Waals surface area contributed by atoms with Gasteiger partial charge in [-0.2, -0.15) is 10.5 Å². The van der Waals surface area contributed by atoms with Gasteiger partial charge in [0.25, 0.3) is 0 Å². The average molecular weight is 441 g/mol. The number of rotatable bonds is 6. The van der Waals surface area contributed by atoms with Crippen LogP contribution in [0.15, 0.2) is 59.7 Å². The van der Waals surface area contributed by atoms with E-state index in [2.05, 4.69) is 20.8 Å². The van der Waals surface area contributed by atoms with Crippen LogP contribution in [0, 0.1) is 34.0 Å². The fraction of sp³-hybridized carbons (Fsp3) is 0.321. The van der Waals surface area contributed by atoms with Crippen LogP contribution < -0.4 is 9.47 Å². The van der Waals surface area contributed by atoms with Gasteiger partial charge in [-0.3, -0.25) is 4.79 Å². The van der Waals surface area contributed by atoms with E-state index in [4.69, 9.17) is 20.0 Å². The first-order chi connectivity index (χ1) is 15.8. The molecule has 0 amide bonds. The number of hydrogen-bond donors (Lipinski definition) is 0. The number of ketones is 1. The van der Waals surface area contributed by atoms with E-state index in [-0.39, 0.29) is 24.4 Å². The summed E-state index contributed by atoms with van der Waals surface area (Å²) in [6, 6.07) is 18.7. The summed E-state index contributed by atoms with van der Waals surface area (Å²) in [4.78, 5) is 13.4. The molecule has 0 N–H and O–H groups in total. The van der Waals surface area contributed by atoms with Crippen LogP contribution in [0.3, 0.4) is 0 Å². The molecule has 0 heterocycles. The van der Waals surface area contributed by atoms with E-state index in [0.717, 1.165) is 35.1 Å². The molecule has 5 heteroatoms. The maximum Gasteiger partial charge on any atom is 0.185 e. The zero-order valence-electron chi connectivity index (χ0n) is 19.3. The first kappa shape index (κ1) is 23.8. The molecule has 0 aliphatic heterocycles. The van der Waals surface area contributed by atoms with E-state index in [9.17, 15) is 4.79 Å². The van der Waals surface area contributed by atoms with Crippen molar-refractivity contribution in [3.05, 3.63) is 70.8 Å². The van der Waals surface area contributed by atoms with Crippen LogP contribution in [0.2, 0.25) is 0 Å². The van der Waals surface area contributed by atoms with E-state index in [1.807, 2.05) is 72.8 Å². The van der Waals surface area contributed by atoms with Crippen molar-refractivity contribution in [3.63, 3.8) is 0 Å². The topological polar surface area (TPSA) is 83.1 Å². The van der Waals surface area contributed by atoms with Crippen molar-refractivity contribution in [1.82, 2.24) is 0 Å². The van der Waals surface area contributed by atoms with Crippen molar-refractivity contribution in [2.24, 2.45) is 11.3 Å². The van der Waals surface area contributed by atoms with Crippen molar-refractivity contribution in [2.75, 3.05) is 13.2 Å². The number of Topliss-reactive ketones (excluding diaryl/α,β-unsaturated/α-hetero) is 1. The lowest BCUT2D eigenvalue weighted by Gasteiger charge is -2.35. The summed E-state index contributed by atoms with van der Waals surface area (Å²) in [7, 11) is 0. The Hall–Kier alpha value is -3.83. The van der Waals surface area contributed by atoms with Crippen LogP contribution in [-0.4, -0.2) is 19.0 Å². The molecule has 2 aromatic rings. The van der Waals surface area contributed by atoms with Crippen LogP contribution in [0.5, 0.6) is 11.5 Å². The van der Waals surface area contributed by atoms with Gasteiger partial charge in [-0.25, -0.2) is 0 Å². The van der Waals surface area contributed by atoms with Crippen molar-refractivity contribution < 1.29 is 14.3 Å². The van der Waals surface area contributed by atoms with Crippen LogP contribution in [0.4, 0.5) is 0 Å². The molecule has 1 atom stereocenters. The molecule has 1 saturated carbocycles. The Kier molecular flexibility index (Phi) is 7.70. The minimum Gasteiger partial charge on any atom is -0.479 e. The van der Waals surface area contributed by atoms with Gasteiger partial charge in [0.1, 0.15) is 23.6 Å². The molecule has 1 aliphatic carbocycles. The molecule has 0 aromatic heterocycles. The minimum atomic E-state index is 0.00572. The molecule has 5 nitrogen and oxygen atoms in total. The first-order valence-electron chi connectivity index (χ1n) is 11.0. The van der Waals surface area contributed by atoms with Gasteiger partial charge in [0.15, 0.2) is 19.0 Å². The number of benzene rings is 2. The SMILES string of the molecule is CC(C)(C)C1C/C(=C/c2ccc(OCC#N)cc2)C(=O)/C(=C/c2ccc(OCC#N)cc2)C1. The molecular formula is C28H28N2O3. The second-order valence-corrected chi connectivity index (χ2v) is 9.17. The summed E-state index contributed by atoms with van der Waals surface area (Å²) in [6.45, 7) is 6.65. The number of hydrogen-bond acceptors (Lipinski definition) is 5. The highest BCUT2D eigenvalue weighted by Crippen LogP contribution is 2.42. The van der Waals surface area contributed by atoms with E-state index in [0.29, 0.717) is 17.4 Å². The Bertz CT molecular complexity index is 1040. The monoisotopic (exact) mass is 440 g/mol. The van der Waals surface area contributed by atoms with Crippen molar-refractivity contribution in [2.45, 2.75) is 33.6 Å². The summed E-state index contributed by atoms with van der Waals surface area (Å²) in [6.07, 6.45) is 5.38. The molecular weight excluding hydrogens is 412 g/mol. The van der Waals surface area contributed by atoms with E-state index < -0.39 is 0 Å². The lowest BCUT2D eigenvalue weighted by atomic mass is 9.68. The molecule has 0 radical (unpaired) electrons. The predicted octanol–water partition coefficient (Wildman–Crippen LogP) is 5.98. The molecule has 3 rings (SSSR count). The molecule has 33 heavy (non-hydrogen) atoms. The number of ether oxygens (including phenoxy) is 2. The first-order valence-corrected chi connectivity index (χ1v) is 11.0. The number of carbonyl (C=O) groups excluding carboxylic acids is 1. The largest absolute Gasteiger partial charge is 0.479 e. The Morgan fingerprint density at radius 1 is 0.818 bits per heavy atom. The predicted molar refractivity (Wildman–Crippen MR) is 128 cm³/mol. The average Bonchev–Trinajstić information content (AvgIpc) is 2.80. The normalized spacial score (nSPS) is 18.6. The lowest BCUT2D eigenvalue weighted by Crippen LogP contribution is -2.29. The molecule has 1 unspecified atom stereocenters. The lowest BCUT2D eigenvalue weighted by molar-refractivity contribution is -0.113. The van der Waals surface area contributed by atoms with Gasteiger partial charge >= 0.3 is 0 Å². The zero-order chi connectivity index (χ0) is 23.8. The number of nitriles is 2. The highest BCUT2D eigenvalue weighted by molar-refractivity contribution is 6.14. The molecule has 2 aromatic carbocycles. The fourth-order valence-corrected chi connectivity index (χ4v) is 3.81. The van der Waals surface area contributed by atoms with Gasteiger partial charge in [0.2, 0.25) is 0 Å². The third-order valence-electron chi connectivity index (χ3n) is 5.79. The fourth-order valence-electron chi connectivity index (χ4n) is 3.81. The van der Waals surface area contributed by atoms with Crippen LogP contribution in [-0.2, 0) is 4.79 Å². The standard InChI is InChI=1S/C28H28N2O3/c1-28(2,3)24-18-22(16-20-4-8-25(9-5-20)32-14-12-29)27(31)23(19-24)17-21-6-10-26(11-7-21)33-15-13-30/h4-11,16-17,24H,14-15,18-19H2,1-3H3/b22-16-,23-17+. The molecule has 1 fully saturated rings. The van der Waals surface area contributed by atoms with Gasteiger partial charge < -0.3 is 9.47 Å². The summed E-state index contributed by atoms with van der Waals surface area (Å²) < 4.78 is 10.6. The van der Waals surface area contributed by atoms with Crippen LogP contribution in [0.1, 0.15) is 44.7 Å². The summed E-state index contributed by atoms with van der Waals surface area (Å²) in [5.74, 6) is 1.67. The van der Waals surface area contributed by atoms with E-state index in [1.54, 1.807) is 0 Å². The summed E-state index contributed by atoms with van der Waals surface area (Å²) in [5, 5.41) is 17.3. The second-order valence-electron chi connectivity index (χ2n) is 9.17. The van der Waals surface area contributed by atoms with Crippen molar-refractivity contribution >= 4 is 17.9 Å². The van der Waals surface area contributed by atoms with Gasteiger partial charge in [0.05, 0.1) is 0 Å². The molecule has 0 spiro atoms. The summed E-state index contributed by atoms with van der Waals surface area (Å²) >= 11 is 0. The second kappa shape index (κ2) is 10.7. The van der Waals surface area contributed by atoms with Gasteiger partial charge in [-0.05, 0) is 71.7 Å². The Morgan fingerprint density at radius 3 is 1.55 bits per heavy atom.